The summed E-state index contributed by atoms with van der Waals surface area (Å²) < 4.78 is 10.7. The summed E-state index contributed by atoms with van der Waals surface area (Å²) in [6.07, 6.45) is 2.69. The zero-order chi connectivity index (χ0) is 12.0. The number of rotatable bonds is 7. The highest BCUT2D eigenvalue weighted by atomic mass is 16.5. The van der Waals surface area contributed by atoms with Crippen molar-refractivity contribution in [2.75, 3.05) is 13.7 Å². The molecule has 0 saturated heterocycles. The second-order valence-corrected chi connectivity index (χ2v) is 4.52. The highest BCUT2D eigenvalue weighted by Crippen LogP contribution is 2.10. The van der Waals surface area contributed by atoms with Gasteiger partial charge in [-0.25, -0.2) is 4.98 Å². The first-order chi connectivity index (χ1) is 7.61. The molecule has 0 aliphatic heterocycles. The Morgan fingerprint density at radius 2 is 2.19 bits per heavy atom. The first-order valence-electron chi connectivity index (χ1n) is 5.77. The van der Waals surface area contributed by atoms with Gasteiger partial charge in [-0.05, 0) is 5.92 Å². The van der Waals surface area contributed by atoms with E-state index >= 15 is 0 Å². The maximum absolute atomic E-state index is 5.62. The van der Waals surface area contributed by atoms with Crippen molar-refractivity contribution < 1.29 is 9.15 Å². The molecule has 0 aliphatic carbocycles. The maximum atomic E-state index is 5.62. The molecule has 0 fully saturated rings. The van der Waals surface area contributed by atoms with Crippen molar-refractivity contribution >= 4 is 0 Å². The fourth-order valence-electron chi connectivity index (χ4n) is 1.50. The summed E-state index contributed by atoms with van der Waals surface area (Å²) in [5, 5.41) is 3.27. The molecule has 1 aromatic heterocycles. The average Bonchev–Trinajstić information content (AvgIpc) is 2.63. The van der Waals surface area contributed by atoms with Gasteiger partial charge >= 0.3 is 0 Å². The second kappa shape index (κ2) is 6.66. The molecule has 0 amide bonds. The standard InChI is InChI=1S/C12H22N2O2/c1-9(2)13-7-12-14-6-11(16-12)5-10(3)8-15-4/h6,9-10,13H,5,7-8H2,1-4H3. The van der Waals surface area contributed by atoms with Crippen LogP contribution in [0, 0.1) is 5.92 Å². The lowest BCUT2D eigenvalue weighted by Gasteiger charge is -2.07. The first kappa shape index (κ1) is 13.2. The number of hydrogen-bond acceptors (Lipinski definition) is 4. The molecular weight excluding hydrogens is 204 g/mol. The molecule has 4 heteroatoms. The zero-order valence-electron chi connectivity index (χ0n) is 10.6. The van der Waals surface area contributed by atoms with Crippen LogP contribution in [0.15, 0.2) is 10.6 Å². The molecule has 16 heavy (non-hydrogen) atoms. The second-order valence-electron chi connectivity index (χ2n) is 4.52. The Hall–Kier alpha value is -0.870. The fraction of sp³-hybridized carbons (Fsp3) is 0.750. The van der Waals surface area contributed by atoms with E-state index in [0.717, 1.165) is 24.7 Å². The van der Waals surface area contributed by atoms with Gasteiger partial charge in [0, 0.05) is 26.2 Å². The molecule has 0 spiro atoms. The van der Waals surface area contributed by atoms with Crippen LogP contribution in [0.4, 0.5) is 0 Å². The minimum atomic E-state index is 0.447. The van der Waals surface area contributed by atoms with Crippen molar-refractivity contribution in [3.63, 3.8) is 0 Å². The van der Waals surface area contributed by atoms with Gasteiger partial charge in [0.2, 0.25) is 5.89 Å². The van der Waals surface area contributed by atoms with Gasteiger partial charge in [0.1, 0.15) is 5.76 Å². The van der Waals surface area contributed by atoms with Crippen molar-refractivity contribution in [2.24, 2.45) is 5.92 Å². The van der Waals surface area contributed by atoms with Crippen LogP contribution < -0.4 is 5.32 Å². The molecule has 92 valence electrons. The van der Waals surface area contributed by atoms with Crippen molar-refractivity contribution in [1.29, 1.82) is 0 Å². The number of oxazole rings is 1. The van der Waals surface area contributed by atoms with Gasteiger partial charge in [-0.3, -0.25) is 0 Å². The number of hydrogen-bond donors (Lipinski definition) is 1. The van der Waals surface area contributed by atoms with Gasteiger partial charge in [0.05, 0.1) is 12.7 Å². The van der Waals surface area contributed by atoms with E-state index in [2.05, 4.69) is 31.1 Å². The molecule has 1 unspecified atom stereocenters. The lowest BCUT2D eigenvalue weighted by Crippen LogP contribution is -2.21. The van der Waals surface area contributed by atoms with Crippen molar-refractivity contribution in [1.82, 2.24) is 10.3 Å². The van der Waals surface area contributed by atoms with Crippen molar-refractivity contribution in [2.45, 2.75) is 39.8 Å². The number of ether oxygens (including phenoxy) is 1. The Morgan fingerprint density at radius 1 is 1.44 bits per heavy atom. The highest BCUT2D eigenvalue weighted by molar-refractivity contribution is 4.95. The molecule has 1 N–H and O–H groups in total. The van der Waals surface area contributed by atoms with Gasteiger partial charge in [-0.2, -0.15) is 0 Å². The van der Waals surface area contributed by atoms with E-state index in [9.17, 15) is 0 Å². The summed E-state index contributed by atoms with van der Waals surface area (Å²) >= 11 is 0. The van der Waals surface area contributed by atoms with Crippen LogP contribution in [0.2, 0.25) is 0 Å². The number of nitrogens with one attached hydrogen (secondary N) is 1. The molecule has 0 saturated carbocycles. The van der Waals surface area contributed by atoms with Gasteiger partial charge in [0.15, 0.2) is 0 Å². The lowest BCUT2D eigenvalue weighted by molar-refractivity contribution is 0.156. The van der Waals surface area contributed by atoms with E-state index in [-0.39, 0.29) is 0 Å². The third-order valence-corrected chi connectivity index (χ3v) is 2.26. The highest BCUT2D eigenvalue weighted by Gasteiger charge is 2.08. The van der Waals surface area contributed by atoms with Crippen LogP contribution in [0.5, 0.6) is 0 Å². The number of methoxy groups -OCH3 is 1. The molecule has 4 nitrogen and oxygen atoms in total. The third kappa shape index (κ3) is 4.77. The summed E-state index contributed by atoms with van der Waals surface area (Å²) in [5.41, 5.74) is 0. The van der Waals surface area contributed by atoms with E-state index < -0.39 is 0 Å². The zero-order valence-corrected chi connectivity index (χ0v) is 10.6. The molecule has 0 aliphatic rings. The van der Waals surface area contributed by atoms with Gasteiger partial charge in [0.25, 0.3) is 0 Å². The molecule has 1 aromatic rings. The Balaban J connectivity index is 2.39. The number of aromatic nitrogens is 1. The minimum absolute atomic E-state index is 0.447. The van der Waals surface area contributed by atoms with Crippen LogP contribution in [0.3, 0.4) is 0 Å². The van der Waals surface area contributed by atoms with Gasteiger partial charge < -0.3 is 14.5 Å². The van der Waals surface area contributed by atoms with Gasteiger partial charge in [-0.1, -0.05) is 20.8 Å². The van der Waals surface area contributed by atoms with Crippen LogP contribution >= 0.6 is 0 Å². The minimum Gasteiger partial charge on any atom is -0.444 e. The Labute approximate surface area is 97.4 Å². The lowest BCUT2D eigenvalue weighted by atomic mass is 10.1. The summed E-state index contributed by atoms with van der Waals surface area (Å²) in [5.74, 6) is 2.15. The Kier molecular flexibility index (Phi) is 5.49. The molecule has 1 rings (SSSR count). The van der Waals surface area contributed by atoms with E-state index in [1.165, 1.54) is 0 Å². The predicted octanol–water partition coefficient (Wildman–Crippen LogP) is 2.00. The molecular formula is C12H22N2O2. The summed E-state index contributed by atoms with van der Waals surface area (Å²) in [4.78, 5) is 4.23. The summed E-state index contributed by atoms with van der Waals surface area (Å²) in [7, 11) is 1.72. The molecule has 0 radical (unpaired) electrons. The van der Waals surface area contributed by atoms with E-state index in [0.29, 0.717) is 18.5 Å². The first-order valence-corrected chi connectivity index (χ1v) is 5.77. The Morgan fingerprint density at radius 3 is 2.81 bits per heavy atom. The van der Waals surface area contributed by atoms with Crippen LogP contribution in [-0.4, -0.2) is 24.7 Å². The molecule has 0 aromatic carbocycles. The topological polar surface area (TPSA) is 47.3 Å². The summed E-state index contributed by atoms with van der Waals surface area (Å²) in [6, 6.07) is 0.447. The quantitative estimate of drug-likeness (QED) is 0.772. The molecule has 1 atom stereocenters. The normalized spacial score (nSPS) is 13.3. The smallest absolute Gasteiger partial charge is 0.208 e. The third-order valence-electron chi connectivity index (χ3n) is 2.26. The van der Waals surface area contributed by atoms with Crippen molar-refractivity contribution in [3.8, 4) is 0 Å². The van der Waals surface area contributed by atoms with Crippen molar-refractivity contribution in [3.05, 3.63) is 17.8 Å². The SMILES string of the molecule is COCC(C)Cc1cnc(CNC(C)C)o1. The van der Waals surface area contributed by atoms with E-state index in [1.807, 2.05) is 6.20 Å². The van der Waals surface area contributed by atoms with Gasteiger partial charge in [-0.15, -0.1) is 0 Å². The Bertz CT molecular complexity index is 297. The number of nitrogens with zero attached hydrogens (tertiary/aromatic N) is 1. The van der Waals surface area contributed by atoms with Crippen LogP contribution in [-0.2, 0) is 17.7 Å². The largest absolute Gasteiger partial charge is 0.444 e. The molecule has 1 heterocycles. The maximum Gasteiger partial charge on any atom is 0.208 e. The average molecular weight is 226 g/mol. The van der Waals surface area contributed by atoms with E-state index in [4.69, 9.17) is 9.15 Å². The fourth-order valence-corrected chi connectivity index (χ4v) is 1.50. The predicted molar refractivity (Wildman–Crippen MR) is 63.2 cm³/mol. The molecule has 0 bridgehead atoms. The summed E-state index contributed by atoms with van der Waals surface area (Å²) in [6.45, 7) is 7.78. The van der Waals surface area contributed by atoms with Crippen LogP contribution in [0.1, 0.15) is 32.4 Å². The monoisotopic (exact) mass is 226 g/mol. The van der Waals surface area contributed by atoms with Crippen LogP contribution in [0.25, 0.3) is 0 Å². The van der Waals surface area contributed by atoms with E-state index in [1.54, 1.807) is 7.11 Å².